The van der Waals surface area contributed by atoms with E-state index in [1.807, 2.05) is 0 Å². The van der Waals surface area contributed by atoms with Gasteiger partial charge in [0.05, 0.1) is 6.04 Å². The van der Waals surface area contributed by atoms with Crippen molar-refractivity contribution in [2.75, 3.05) is 6.54 Å². The number of nitrogens with one attached hydrogen (secondary N) is 2. The summed E-state index contributed by atoms with van der Waals surface area (Å²) < 4.78 is 0. The van der Waals surface area contributed by atoms with E-state index in [4.69, 9.17) is 0 Å². The molecule has 1 aliphatic heterocycles. The van der Waals surface area contributed by atoms with Crippen LogP contribution in [0.15, 0.2) is 24.3 Å². The van der Waals surface area contributed by atoms with Crippen molar-refractivity contribution in [1.29, 1.82) is 0 Å². The molecule has 1 saturated carbocycles. The summed E-state index contributed by atoms with van der Waals surface area (Å²) in [6, 6.07) is 8.30. The number of hydrogen-bond acceptors (Lipinski definition) is 2. The van der Waals surface area contributed by atoms with Gasteiger partial charge in [0.2, 0.25) is 5.91 Å². The first-order valence-electron chi connectivity index (χ1n) is 7.30. The number of benzene rings is 1. The van der Waals surface area contributed by atoms with Crippen LogP contribution in [0, 0.1) is 5.41 Å². The maximum atomic E-state index is 12.2. The van der Waals surface area contributed by atoms with Crippen LogP contribution >= 0.6 is 0 Å². The van der Waals surface area contributed by atoms with Crippen molar-refractivity contribution in [3.05, 3.63) is 35.4 Å². The molecule has 2 aliphatic rings. The predicted octanol–water partition coefficient (Wildman–Crippen LogP) is 2.01. The van der Waals surface area contributed by atoms with Crippen molar-refractivity contribution in [2.45, 2.75) is 45.2 Å². The van der Waals surface area contributed by atoms with Crippen molar-refractivity contribution >= 4 is 5.91 Å². The summed E-state index contributed by atoms with van der Waals surface area (Å²) in [5.41, 5.74) is 3.04. The fraction of sp³-hybridized carbons (Fsp3) is 0.562. The van der Waals surface area contributed by atoms with Crippen molar-refractivity contribution in [1.82, 2.24) is 10.6 Å². The van der Waals surface area contributed by atoms with Gasteiger partial charge in [-0.1, -0.05) is 31.2 Å². The number of hydrogen-bond donors (Lipinski definition) is 2. The molecule has 3 rings (SSSR count). The molecular weight excluding hydrogens is 236 g/mol. The molecule has 2 N–H and O–H groups in total. The molecule has 0 saturated heterocycles. The van der Waals surface area contributed by atoms with Crippen LogP contribution in [0.4, 0.5) is 0 Å². The van der Waals surface area contributed by atoms with Crippen LogP contribution in [0.5, 0.6) is 0 Å². The standard InChI is InChI=1S/C16H22N2O/c1-2-16(7-8-16)11-18-15(19)14-9-12-5-3-4-6-13(12)10-17-14/h3-6,14,17H,2,7-11H2,1H3,(H,18,19). The van der Waals surface area contributed by atoms with Crippen molar-refractivity contribution < 1.29 is 4.79 Å². The van der Waals surface area contributed by atoms with Crippen LogP contribution in [0.1, 0.15) is 37.3 Å². The fourth-order valence-corrected chi connectivity index (χ4v) is 2.87. The van der Waals surface area contributed by atoms with E-state index in [1.165, 1.54) is 30.4 Å². The van der Waals surface area contributed by atoms with Crippen LogP contribution in [0.3, 0.4) is 0 Å². The Balaban J connectivity index is 1.57. The second-order valence-corrected chi connectivity index (χ2v) is 5.98. The molecule has 1 aliphatic carbocycles. The van der Waals surface area contributed by atoms with Gasteiger partial charge in [-0.2, -0.15) is 0 Å². The highest BCUT2D eigenvalue weighted by molar-refractivity contribution is 5.82. The molecule has 19 heavy (non-hydrogen) atoms. The van der Waals surface area contributed by atoms with Crippen molar-refractivity contribution in [2.24, 2.45) is 5.41 Å². The van der Waals surface area contributed by atoms with Crippen LogP contribution in [-0.4, -0.2) is 18.5 Å². The lowest BCUT2D eigenvalue weighted by molar-refractivity contribution is -0.123. The Hall–Kier alpha value is -1.35. The predicted molar refractivity (Wildman–Crippen MR) is 75.7 cm³/mol. The van der Waals surface area contributed by atoms with E-state index in [0.717, 1.165) is 19.5 Å². The lowest BCUT2D eigenvalue weighted by Crippen LogP contribution is -2.48. The quantitative estimate of drug-likeness (QED) is 0.867. The van der Waals surface area contributed by atoms with Crippen LogP contribution in [0.25, 0.3) is 0 Å². The number of carbonyl (C=O) groups is 1. The molecule has 102 valence electrons. The Bertz CT molecular complexity index is 479. The fourth-order valence-electron chi connectivity index (χ4n) is 2.87. The van der Waals surface area contributed by atoms with Gasteiger partial charge in [-0.15, -0.1) is 0 Å². The Morgan fingerprint density at radius 1 is 1.37 bits per heavy atom. The lowest BCUT2D eigenvalue weighted by Gasteiger charge is -2.26. The molecule has 1 amide bonds. The maximum absolute atomic E-state index is 12.2. The molecule has 0 aromatic heterocycles. The van der Waals surface area contributed by atoms with Crippen LogP contribution in [-0.2, 0) is 17.8 Å². The highest BCUT2D eigenvalue weighted by Gasteiger charge is 2.41. The first-order valence-corrected chi connectivity index (χ1v) is 7.30. The van der Waals surface area contributed by atoms with Crippen LogP contribution < -0.4 is 10.6 Å². The molecule has 1 heterocycles. The average Bonchev–Trinajstić information content (AvgIpc) is 3.25. The van der Waals surface area contributed by atoms with E-state index in [1.54, 1.807) is 0 Å². The van der Waals surface area contributed by atoms with E-state index in [9.17, 15) is 4.79 Å². The molecule has 3 nitrogen and oxygen atoms in total. The smallest absolute Gasteiger partial charge is 0.237 e. The molecule has 0 radical (unpaired) electrons. The molecule has 1 aromatic rings. The van der Waals surface area contributed by atoms with E-state index in [0.29, 0.717) is 5.41 Å². The highest BCUT2D eigenvalue weighted by atomic mass is 16.2. The third kappa shape index (κ3) is 2.66. The normalized spacial score (nSPS) is 23.5. The first-order chi connectivity index (χ1) is 9.22. The van der Waals surface area contributed by atoms with Gasteiger partial charge >= 0.3 is 0 Å². The zero-order valence-electron chi connectivity index (χ0n) is 11.5. The van der Waals surface area contributed by atoms with Gasteiger partial charge in [-0.05, 0) is 42.2 Å². The largest absolute Gasteiger partial charge is 0.354 e. The number of carbonyl (C=O) groups excluding carboxylic acids is 1. The summed E-state index contributed by atoms with van der Waals surface area (Å²) in [5, 5.41) is 6.47. The minimum atomic E-state index is -0.0671. The van der Waals surface area contributed by atoms with Gasteiger partial charge in [0.25, 0.3) is 0 Å². The van der Waals surface area contributed by atoms with Gasteiger partial charge in [-0.25, -0.2) is 0 Å². The number of amides is 1. The highest BCUT2D eigenvalue weighted by Crippen LogP contribution is 2.47. The average molecular weight is 258 g/mol. The van der Waals surface area contributed by atoms with E-state index >= 15 is 0 Å². The van der Waals surface area contributed by atoms with Gasteiger partial charge in [0.15, 0.2) is 0 Å². The Morgan fingerprint density at radius 3 is 2.79 bits per heavy atom. The molecule has 3 heteroatoms. The summed E-state index contributed by atoms with van der Waals surface area (Å²) in [4.78, 5) is 12.2. The Labute approximate surface area is 114 Å². The third-order valence-electron chi connectivity index (χ3n) is 4.74. The number of rotatable bonds is 4. The van der Waals surface area contributed by atoms with E-state index in [2.05, 4.69) is 41.8 Å². The van der Waals surface area contributed by atoms with Gasteiger partial charge in [-0.3, -0.25) is 4.79 Å². The minimum absolute atomic E-state index is 0.0671. The first kappa shape index (κ1) is 12.7. The molecule has 1 atom stereocenters. The topological polar surface area (TPSA) is 41.1 Å². The molecule has 0 bridgehead atoms. The molecule has 1 aromatic carbocycles. The van der Waals surface area contributed by atoms with Crippen LogP contribution in [0.2, 0.25) is 0 Å². The summed E-state index contributed by atoms with van der Waals surface area (Å²) in [6.07, 6.45) is 4.52. The second kappa shape index (κ2) is 4.97. The summed E-state index contributed by atoms with van der Waals surface area (Å²) in [6.45, 7) is 3.86. The zero-order chi connectivity index (χ0) is 13.3. The third-order valence-corrected chi connectivity index (χ3v) is 4.74. The van der Waals surface area contributed by atoms with Crippen molar-refractivity contribution in [3.8, 4) is 0 Å². The van der Waals surface area contributed by atoms with Crippen molar-refractivity contribution in [3.63, 3.8) is 0 Å². The minimum Gasteiger partial charge on any atom is -0.354 e. The molecule has 1 unspecified atom stereocenters. The number of fused-ring (bicyclic) bond motifs is 1. The SMILES string of the molecule is CCC1(CNC(=O)C2Cc3ccccc3CN2)CC1. The van der Waals surface area contributed by atoms with E-state index < -0.39 is 0 Å². The summed E-state index contributed by atoms with van der Waals surface area (Å²) >= 11 is 0. The molecule has 0 spiro atoms. The second-order valence-electron chi connectivity index (χ2n) is 5.98. The zero-order valence-corrected chi connectivity index (χ0v) is 11.5. The monoisotopic (exact) mass is 258 g/mol. The van der Waals surface area contributed by atoms with E-state index in [-0.39, 0.29) is 11.9 Å². The van der Waals surface area contributed by atoms with Gasteiger partial charge in [0.1, 0.15) is 0 Å². The Kier molecular flexibility index (Phi) is 3.31. The maximum Gasteiger partial charge on any atom is 0.237 e. The molecular formula is C16H22N2O. The Morgan fingerprint density at radius 2 is 2.11 bits per heavy atom. The lowest BCUT2D eigenvalue weighted by atomic mass is 9.95. The van der Waals surface area contributed by atoms with Gasteiger partial charge < -0.3 is 10.6 Å². The van der Waals surface area contributed by atoms with Gasteiger partial charge in [0, 0.05) is 13.1 Å². The molecule has 1 fully saturated rings. The summed E-state index contributed by atoms with van der Waals surface area (Å²) in [7, 11) is 0. The summed E-state index contributed by atoms with van der Waals surface area (Å²) in [5.74, 6) is 0.161.